The van der Waals surface area contributed by atoms with Gasteiger partial charge in [-0.15, -0.1) is 0 Å². The Kier molecular flexibility index (Phi) is 6.24. The average Bonchev–Trinajstić information content (AvgIpc) is 2.65. The van der Waals surface area contributed by atoms with Crippen LogP contribution in [0.2, 0.25) is 0 Å². The van der Waals surface area contributed by atoms with Crippen molar-refractivity contribution in [3.8, 4) is 23.3 Å². The van der Waals surface area contributed by atoms with E-state index in [4.69, 9.17) is 14.2 Å². The first-order chi connectivity index (χ1) is 12.1. The second kappa shape index (κ2) is 8.60. The summed E-state index contributed by atoms with van der Waals surface area (Å²) in [6.45, 7) is 0. The topological polar surface area (TPSA) is 80.6 Å². The first kappa shape index (κ1) is 18.1. The molecule has 2 aromatic carbocycles. The summed E-state index contributed by atoms with van der Waals surface area (Å²) in [6.07, 6.45) is 0.270. The number of carbonyl (C=O) groups is 1. The zero-order chi connectivity index (χ0) is 18.2. The predicted molar refractivity (Wildman–Crippen MR) is 94.0 cm³/mol. The summed E-state index contributed by atoms with van der Waals surface area (Å²) in [7, 11) is 4.65. The third-order valence-corrected chi connectivity index (χ3v) is 3.70. The number of ether oxygens (including phenoxy) is 3. The first-order valence-corrected chi connectivity index (χ1v) is 7.66. The lowest BCUT2D eigenvalue weighted by Gasteiger charge is -2.13. The van der Waals surface area contributed by atoms with E-state index in [-0.39, 0.29) is 12.3 Å². The Hall–Kier alpha value is -3.20. The van der Waals surface area contributed by atoms with Crippen LogP contribution in [0.5, 0.6) is 17.2 Å². The molecule has 6 heteroatoms. The number of hydrogen-bond acceptors (Lipinski definition) is 5. The summed E-state index contributed by atoms with van der Waals surface area (Å²) in [5, 5.41) is 12.1. The molecule has 0 saturated heterocycles. The van der Waals surface area contributed by atoms with Crippen molar-refractivity contribution in [1.29, 1.82) is 5.26 Å². The van der Waals surface area contributed by atoms with Crippen molar-refractivity contribution in [1.82, 2.24) is 0 Å². The van der Waals surface area contributed by atoms with Crippen LogP contribution in [0.1, 0.15) is 5.56 Å². The van der Waals surface area contributed by atoms with Crippen LogP contribution >= 0.6 is 0 Å². The van der Waals surface area contributed by atoms with Gasteiger partial charge in [0, 0.05) is 11.8 Å². The highest BCUT2D eigenvalue weighted by Gasteiger charge is 2.19. The molecule has 0 spiro atoms. The van der Waals surface area contributed by atoms with Crippen LogP contribution in [0, 0.1) is 17.2 Å². The van der Waals surface area contributed by atoms with Gasteiger partial charge in [-0.2, -0.15) is 5.26 Å². The molecule has 6 nitrogen and oxygen atoms in total. The van der Waals surface area contributed by atoms with Gasteiger partial charge in [-0.3, -0.25) is 4.79 Å². The molecule has 1 amide bonds. The molecule has 0 heterocycles. The van der Waals surface area contributed by atoms with Crippen LogP contribution in [0.4, 0.5) is 5.69 Å². The van der Waals surface area contributed by atoms with Crippen molar-refractivity contribution >= 4 is 11.6 Å². The molecule has 1 N–H and O–H groups in total. The summed E-state index contributed by atoms with van der Waals surface area (Å²) < 4.78 is 15.6. The molecule has 2 rings (SSSR count). The quantitative estimate of drug-likeness (QED) is 0.838. The third-order valence-electron chi connectivity index (χ3n) is 3.70. The van der Waals surface area contributed by atoms with E-state index >= 15 is 0 Å². The highest BCUT2D eigenvalue weighted by Crippen LogP contribution is 2.28. The minimum absolute atomic E-state index is 0.270. The van der Waals surface area contributed by atoms with Crippen LogP contribution in [0.25, 0.3) is 0 Å². The fraction of sp³-hybridized carbons (Fsp3) is 0.263. The number of nitriles is 1. The van der Waals surface area contributed by atoms with Crippen molar-refractivity contribution < 1.29 is 19.0 Å². The van der Waals surface area contributed by atoms with Crippen LogP contribution in [-0.4, -0.2) is 27.2 Å². The maximum absolute atomic E-state index is 12.4. The van der Waals surface area contributed by atoms with Gasteiger partial charge in [0.2, 0.25) is 5.91 Å². The van der Waals surface area contributed by atoms with Gasteiger partial charge < -0.3 is 19.5 Å². The summed E-state index contributed by atoms with van der Waals surface area (Å²) in [6, 6.07) is 14.4. The Morgan fingerprint density at radius 2 is 1.84 bits per heavy atom. The van der Waals surface area contributed by atoms with Crippen molar-refractivity contribution in [3.05, 3.63) is 48.0 Å². The van der Waals surface area contributed by atoms with Gasteiger partial charge in [-0.25, -0.2) is 0 Å². The molecule has 0 aliphatic carbocycles. The smallest absolute Gasteiger partial charge is 0.242 e. The maximum Gasteiger partial charge on any atom is 0.242 e. The summed E-state index contributed by atoms with van der Waals surface area (Å²) in [5.74, 6) is 0.589. The van der Waals surface area contributed by atoms with Crippen molar-refractivity contribution in [3.63, 3.8) is 0 Å². The van der Waals surface area contributed by atoms with Gasteiger partial charge in [0.25, 0.3) is 0 Å². The van der Waals surface area contributed by atoms with Gasteiger partial charge in [-0.1, -0.05) is 12.1 Å². The van der Waals surface area contributed by atoms with E-state index in [0.717, 1.165) is 5.56 Å². The third kappa shape index (κ3) is 4.64. The lowest BCUT2D eigenvalue weighted by molar-refractivity contribution is -0.118. The number of benzene rings is 2. The Balaban J connectivity index is 2.11. The summed E-state index contributed by atoms with van der Waals surface area (Å²) in [4.78, 5) is 12.4. The van der Waals surface area contributed by atoms with E-state index in [1.54, 1.807) is 57.7 Å². The monoisotopic (exact) mass is 340 g/mol. The Morgan fingerprint density at radius 1 is 1.08 bits per heavy atom. The molecule has 0 unspecified atom stereocenters. The maximum atomic E-state index is 12.4. The zero-order valence-electron chi connectivity index (χ0n) is 14.4. The molecule has 2 aromatic rings. The lowest BCUT2D eigenvalue weighted by atomic mass is 9.99. The fourth-order valence-electron chi connectivity index (χ4n) is 2.37. The first-order valence-electron chi connectivity index (χ1n) is 7.66. The van der Waals surface area contributed by atoms with E-state index < -0.39 is 5.92 Å². The van der Waals surface area contributed by atoms with Gasteiger partial charge in [-0.05, 0) is 36.2 Å². The normalized spacial score (nSPS) is 11.1. The molecule has 0 aliphatic heterocycles. The molecular weight excluding hydrogens is 320 g/mol. The van der Waals surface area contributed by atoms with Gasteiger partial charge >= 0.3 is 0 Å². The number of amides is 1. The molecular formula is C19H20N2O4. The average molecular weight is 340 g/mol. The largest absolute Gasteiger partial charge is 0.497 e. The van der Waals surface area contributed by atoms with Gasteiger partial charge in [0.1, 0.15) is 11.7 Å². The Labute approximate surface area is 146 Å². The Morgan fingerprint density at radius 3 is 2.48 bits per heavy atom. The molecule has 1 atom stereocenters. The molecule has 0 saturated carbocycles. The molecule has 130 valence electrons. The minimum atomic E-state index is -0.829. The minimum Gasteiger partial charge on any atom is -0.497 e. The number of carbonyl (C=O) groups excluding carboxylic acids is 1. The van der Waals surface area contributed by atoms with Crippen LogP contribution in [0.3, 0.4) is 0 Å². The molecule has 0 aliphatic rings. The SMILES string of the molecule is COc1cccc(NC(=O)[C@H](C#N)Cc2ccc(OC)c(OC)c2)c1. The molecule has 0 fully saturated rings. The van der Waals surface area contributed by atoms with E-state index in [1.807, 2.05) is 12.1 Å². The molecule has 0 aromatic heterocycles. The molecule has 0 bridgehead atoms. The van der Waals surface area contributed by atoms with Crippen molar-refractivity contribution in [2.24, 2.45) is 5.92 Å². The van der Waals surface area contributed by atoms with Gasteiger partial charge in [0.15, 0.2) is 11.5 Å². The van der Waals surface area contributed by atoms with E-state index in [0.29, 0.717) is 22.9 Å². The van der Waals surface area contributed by atoms with Gasteiger partial charge in [0.05, 0.1) is 27.4 Å². The van der Waals surface area contributed by atoms with Crippen LogP contribution in [0.15, 0.2) is 42.5 Å². The lowest BCUT2D eigenvalue weighted by Crippen LogP contribution is -2.23. The standard InChI is InChI=1S/C19H20N2O4/c1-23-16-6-4-5-15(11-16)21-19(22)14(12-20)9-13-7-8-17(24-2)18(10-13)25-3/h4-8,10-11,14H,9H2,1-3H3,(H,21,22)/t14-/m0/s1. The highest BCUT2D eigenvalue weighted by molar-refractivity contribution is 5.94. The van der Waals surface area contributed by atoms with E-state index in [1.165, 1.54) is 0 Å². The highest BCUT2D eigenvalue weighted by atomic mass is 16.5. The van der Waals surface area contributed by atoms with E-state index in [9.17, 15) is 10.1 Å². The zero-order valence-corrected chi connectivity index (χ0v) is 14.4. The second-order valence-electron chi connectivity index (χ2n) is 5.30. The molecule has 25 heavy (non-hydrogen) atoms. The number of nitrogens with zero attached hydrogens (tertiary/aromatic N) is 1. The number of hydrogen-bond donors (Lipinski definition) is 1. The summed E-state index contributed by atoms with van der Waals surface area (Å²) >= 11 is 0. The van der Waals surface area contributed by atoms with Crippen molar-refractivity contribution in [2.45, 2.75) is 6.42 Å². The molecule has 0 radical (unpaired) electrons. The van der Waals surface area contributed by atoms with Crippen LogP contribution in [-0.2, 0) is 11.2 Å². The predicted octanol–water partition coefficient (Wildman–Crippen LogP) is 3.03. The van der Waals surface area contributed by atoms with Crippen LogP contribution < -0.4 is 19.5 Å². The van der Waals surface area contributed by atoms with Crippen molar-refractivity contribution in [2.75, 3.05) is 26.6 Å². The number of methoxy groups -OCH3 is 3. The summed E-state index contributed by atoms with van der Waals surface area (Å²) in [5.41, 5.74) is 1.39. The number of anilines is 1. The second-order valence-corrected chi connectivity index (χ2v) is 5.30. The number of rotatable bonds is 7. The van der Waals surface area contributed by atoms with E-state index in [2.05, 4.69) is 5.32 Å². The fourth-order valence-corrected chi connectivity index (χ4v) is 2.37. The Bertz CT molecular complexity index is 783. The number of nitrogens with one attached hydrogen (secondary N) is 1.